The zero-order valence-electron chi connectivity index (χ0n) is 10.4. The highest BCUT2D eigenvalue weighted by Gasteiger charge is 2.24. The first-order valence-electron chi connectivity index (χ1n) is 6.27. The Morgan fingerprint density at radius 3 is 2.88 bits per heavy atom. The number of rotatable bonds is 6. The van der Waals surface area contributed by atoms with E-state index in [1.54, 1.807) is 7.11 Å². The van der Waals surface area contributed by atoms with Gasteiger partial charge in [-0.05, 0) is 18.9 Å². The quantitative estimate of drug-likeness (QED) is 0.810. The zero-order chi connectivity index (χ0) is 12.1. The molecule has 0 unspecified atom stereocenters. The second kappa shape index (κ2) is 5.98. The van der Waals surface area contributed by atoms with Crippen molar-refractivity contribution in [1.82, 2.24) is 9.88 Å². The van der Waals surface area contributed by atoms with Gasteiger partial charge in [-0.1, -0.05) is 12.5 Å². The third-order valence-corrected chi connectivity index (χ3v) is 3.36. The van der Waals surface area contributed by atoms with Crippen molar-refractivity contribution >= 4 is 0 Å². The van der Waals surface area contributed by atoms with Crippen molar-refractivity contribution < 1.29 is 4.74 Å². The molecular formula is C13H21N3O. The normalized spacial score (nSPS) is 15.9. The molecule has 0 spiro atoms. The second-order valence-electron chi connectivity index (χ2n) is 4.52. The van der Waals surface area contributed by atoms with Crippen LogP contribution in [0.25, 0.3) is 0 Å². The summed E-state index contributed by atoms with van der Waals surface area (Å²) in [6.07, 6.45) is 3.94. The van der Waals surface area contributed by atoms with Crippen LogP contribution in [0.3, 0.4) is 0 Å². The maximum absolute atomic E-state index is 5.67. The molecule has 0 saturated heterocycles. The number of aromatic nitrogens is 1. The molecule has 2 rings (SSSR count). The summed E-state index contributed by atoms with van der Waals surface area (Å²) in [5, 5.41) is 0. The van der Waals surface area contributed by atoms with E-state index in [1.807, 2.05) is 18.2 Å². The summed E-state index contributed by atoms with van der Waals surface area (Å²) in [6, 6.07) is 6.61. The van der Waals surface area contributed by atoms with Gasteiger partial charge in [0.1, 0.15) is 0 Å². The van der Waals surface area contributed by atoms with Gasteiger partial charge in [-0.3, -0.25) is 4.90 Å². The van der Waals surface area contributed by atoms with E-state index in [1.165, 1.54) is 19.3 Å². The lowest BCUT2D eigenvalue weighted by atomic mass is 9.91. The molecule has 0 bridgehead atoms. The Bertz CT molecular complexity index is 352. The van der Waals surface area contributed by atoms with E-state index in [9.17, 15) is 0 Å². The molecule has 1 aromatic rings. The molecule has 4 heteroatoms. The van der Waals surface area contributed by atoms with Gasteiger partial charge in [0.25, 0.3) is 0 Å². The maximum atomic E-state index is 5.67. The minimum absolute atomic E-state index is 0.684. The molecule has 1 aliphatic carbocycles. The van der Waals surface area contributed by atoms with Crippen LogP contribution in [0.2, 0.25) is 0 Å². The zero-order valence-corrected chi connectivity index (χ0v) is 10.4. The standard InChI is InChI=1S/C13H21N3O/c1-17-13-7-2-4-11(15-13)10-16(9-8-14)12-5-3-6-12/h2,4,7,12H,3,5-6,8-10,14H2,1H3. The van der Waals surface area contributed by atoms with Crippen LogP contribution in [-0.2, 0) is 6.54 Å². The number of nitrogens with zero attached hydrogens (tertiary/aromatic N) is 2. The maximum Gasteiger partial charge on any atom is 0.213 e. The molecule has 1 heterocycles. The Hall–Kier alpha value is -1.13. The lowest BCUT2D eigenvalue weighted by molar-refractivity contribution is 0.121. The average Bonchev–Trinajstić information content (AvgIpc) is 2.27. The number of hydrogen-bond donors (Lipinski definition) is 1. The average molecular weight is 235 g/mol. The Kier molecular flexibility index (Phi) is 4.34. The van der Waals surface area contributed by atoms with Crippen molar-refractivity contribution in [1.29, 1.82) is 0 Å². The van der Waals surface area contributed by atoms with Gasteiger partial charge in [0.2, 0.25) is 5.88 Å². The number of methoxy groups -OCH3 is 1. The van der Waals surface area contributed by atoms with E-state index < -0.39 is 0 Å². The van der Waals surface area contributed by atoms with Crippen LogP contribution in [-0.4, -0.2) is 36.1 Å². The minimum Gasteiger partial charge on any atom is -0.481 e. The molecule has 0 aromatic carbocycles. The first-order chi connectivity index (χ1) is 8.33. The largest absolute Gasteiger partial charge is 0.481 e. The fourth-order valence-corrected chi connectivity index (χ4v) is 2.18. The van der Waals surface area contributed by atoms with Crippen LogP contribution in [0, 0.1) is 0 Å². The Labute approximate surface area is 103 Å². The molecular weight excluding hydrogens is 214 g/mol. The summed E-state index contributed by atoms with van der Waals surface area (Å²) >= 11 is 0. The number of pyridine rings is 1. The monoisotopic (exact) mass is 235 g/mol. The van der Waals surface area contributed by atoms with E-state index >= 15 is 0 Å². The molecule has 1 aliphatic rings. The predicted octanol–water partition coefficient (Wildman–Crippen LogP) is 1.40. The fraction of sp³-hybridized carbons (Fsp3) is 0.615. The Morgan fingerprint density at radius 1 is 1.47 bits per heavy atom. The van der Waals surface area contributed by atoms with Crippen molar-refractivity contribution in [2.75, 3.05) is 20.2 Å². The molecule has 1 saturated carbocycles. The van der Waals surface area contributed by atoms with Crippen molar-refractivity contribution in [2.45, 2.75) is 31.8 Å². The van der Waals surface area contributed by atoms with Crippen molar-refractivity contribution in [2.24, 2.45) is 5.73 Å². The topological polar surface area (TPSA) is 51.4 Å². The van der Waals surface area contributed by atoms with Gasteiger partial charge < -0.3 is 10.5 Å². The summed E-state index contributed by atoms with van der Waals surface area (Å²) in [5.41, 5.74) is 6.73. The van der Waals surface area contributed by atoms with E-state index in [2.05, 4.69) is 9.88 Å². The number of nitrogens with two attached hydrogens (primary N) is 1. The van der Waals surface area contributed by atoms with Gasteiger partial charge in [-0.25, -0.2) is 4.98 Å². The van der Waals surface area contributed by atoms with Gasteiger partial charge in [-0.2, -0.15) is 0 Å². The molecule has 0 aliphatic heterocycles. The molecule has 17 heavy (non-hydrogen) atoms. The molecule has 94 valence electrons. The summed E-state index contributed by atoms with van der Waals surface area (Å²) in [4.78, 5) is 6.89. The highest BCUT2D eigenvalue weighted by Crippen LogP contribution is 2.25. The highest BCUT2D eigenvalue weighted by molar-refractivity contribution is 5.15. The van der Waals surface area contributed by atoms with Crippen molar-refractivity contribution in [3.05, 3.63) is 23.9 Å². The van der Waals surface area contributed by atoms with Crippen molar-refractivity contribution in [3.63, 3.8) is 0 Å². The lowest BCUT2D eigenvalue weighted by Gasteiger charge is -2.37. The SMILES string of the molecule is COc1cccc(CN(CCN)C2CCC2)n1. The van der Waals surface area contributed by atoms with Gasteiger partial charge in [-0.15, -0.1) is 0 Å². The van der Waals surface area contributed by atoms with E-state index in [4.69, 9.17) is 10.5 Å². The first kappa shape index (κ1) is 12.3. The molecule has 1 fully saturated rings. The molecule has 0 amide bonds. The fourth-order valence-electron chi connectivity index (χ4n) is 2.18. The predicted molar refractivity (Wildman–Crippen MR) is 67.9 cm³/mol. The number of hydrogen-bond acceptors (Lipinski definition) is 4. The third kappa shape index (κ3) is 3.17. The van der Waals surface area contributed by atoms with E-state index in [0.29, 0.717) is 18.5 Å². The summed E-state index contributed by atoms with van der Waals surface area (Å²) in [5.74, 6) is 0.684. The summed E-state index contributed by atoms with van der Waals surface area (Å²) < 4.78 is 5.14. The van der Waals surface area contributed by atoms with E-state index in [-0.39, 0.29) is 0 Å². The van der Waals surface area contributed by atoms with Gasteiger partial charge >= 0.3 is 0 Å². The summed E-state index contributed by atoms with van der Waals surface area (Å²) in [7, 11) is 1.65. The van der Waals surface area contributed by atoms with Crippen LogP contribution < -0.4 is 10.5 Å². The Morgan fingerprint density at radius 2 is 2.29 bits per heavy atom. The molecule has 2 N–H and O–H groups in total. The Balaban J connectivity index is 2.00. The highest BCUT2D eigenvalue weighted by atomic mass is 16.5. The van der Waals surface area contributed by atoms with Gasteiger partial charge in [0.05, 0.1) is 12.8 Å². The molecule has 1 aromatic heterocycles. The molecule has 0 atom stereocenters. The smallest absolute Gasteiger partial charge is 0.213 e. The lowest BCUT2D eigenvalue weighted by Crippen LogP contribution is -2.42. The van der Waals surface area contributed by atoms with Crippen LogP contribution >= 0.6 is 0 Å². The van der Waals surface area contributed by atoms with Gasteiger partial charge in [0.15, 0.2) is 0 Å². The summed E-state index contributed by atoms with van der Waals surface area (Å²) in [6.45, 7) is 2.53. The van der Waals surface area contributed by atoms with Crippen molar-refractivity contribution in [3.8, 4) is 5.88 Å². The van der Waals surface area contributed by atoms with E-state index in [0.717, 1.165) is 18.8 Å². The second-order valence-corrected chi connectivity index (χ2v) is 4.52. The molecule has 4 nitrogen and oxygen atoms in total. The first-order valence-corrected chi connectivity index (χ1v) is 6.27. The van der Waals surface area contributed by atoms with Gasteiger partial charge in [0, 0.05) is 31.7 Å². The molecule has 0 radical (unpaired) electrons. The van der Waals surface area contributed by atoms with Crippen LogP contribution in [0.1, 0.15) is 25.0 Å². The van der Waals surface area contributed by atoms with Crippen LogP contribution in [0.4, 0.5) is 0 Å². The van der Waals surface area contributed by atoms with Crippen LogP contribution in [0.5, 0.6) is 5.88 Å². The minimum atomic E-state index is 0.684. The third-order valence-electron chi connectivity index (χ3n) is 3.36. The van der Waals surface area contributed by atoms with Crippen LogP contribution in [0.15, 0.2) is 18.2 Å². The number of ether oxygens (including phenoxy) is 1.